The van der Waals surface area contributed by atoms with Crippen molar-refractivity contribution in [2.75, 3.05) is 24.6 Å². The highest BCUT2D eigenvalue weighted by Crippen LogP contribution is 2.70. The first kappa shape index (κ1) is 26.6. The van der Waals surface area contributed by atoms with E-state index < -0.39 is 5.41 Å². The first-order valence-electron chi connectivity index (χ1n) is 15.3. The number of ketones is 2. The minimum atomic E-state index is -0.707. The molecule has 5 aliphatic rings. The number of fused-ring (bicyclic) bond motifs is 4. The standard InChI is InChI=1S/C35H43NO3/c1-4-32(39)35(15-7-19-37)16-14-31-29-20-23(2)28-21-26(38)12-13-27(28)33(29)30(22-34(31,35)3)24-8-10-25(11-9-24)36-17-5-6-18-36/h8-11,21,23,29-31,37H,4-6,12-14,16-20,22H2,1-3H3/t23?,29-,30+,31-,34-,35+/m0/s1. The zero-order chi connectivity index (χ0) is 27.4. The van der Waals surface area contributed by atoms with Crippen molar-refractivity contribution in [3.63, 3.8) is 0 Å². The summed E-state index contributed by atoms with van der Waals surface area (Å²) in [4.78, 5) is 28.7. The molecule has 0 radical (unpaired) electrons. The molecular formula is C35H43NO3. The molecule has 1 saturated heterocycles. The minimum Gasteiger partial charge on any atom is -0.384 e. The Morgan fingerprint density at radius 2 is 1.90 bits per heavy atom. The number of hydrogen-bond donors (Lipinski definition) is 1. The number of carbonyl (C=O) groups excluding carboxylic acids is 2. The van der Waals surface area contributed by atoms with Crippen LogP contribution in [-0.4, -0.2) is 36.4 Å². The number of aliphatic hydroxyl groups is 1. The van der Waals surface area contributed by atoms with Crippen LogP contribution >= 0.6 is 0 Å². The molecule has 1 aromatic rings. The van der Waals surface area contributed by atoms with Gasteiger partial charge in [-0.3, -0.25) is 9.59 Å². The molecule has 0 aromatic heterocycles. The van der Waals surface area contributed by atoms with E-state index in [0.717, 1.165) is 45.2 Å². The highest BCUT2D eigenvalue weighted by Gasteiger charge is 2.65. The van der Waals surface area contributed by atoms with Crippen LogP contribution in [0.15, 0.2) is 47.1 Å². The number of benzene rings is 1. The third kappa shape index (κ3) is 4.07. The van der Waals surface area contributed by atoms with Gasteiger partial charge in [-0.2, -0.15) is 0 Å². The number of carbonyl (C=O) groups is 2. The fourth-order valence-corrected chi connectivity index (χ4v) is 9.40. The van der Waals surface area contributed by atoms with Gasteiger partial charge in [0.2, 0.25) is 0 Å². The van der Waals surface area contributed by atoms with Crippen molar-refractivity contribution >= 4 is 17.3 Å². The van der Waals surface area contributed by atoms with Gasteiger partial charge in [-0.05, 0) is 103 Å². The molecular weight excluding hydrogens is 482 g/mol. The number of aliphatic hydroxyl groups excluding tert-OH is 1. The highest BCUT2D eigenvalue weighted by atomic mass is 16.2. The van der Waals surface area contributed by atoms with Gasteiger partial charge in [0.1, 0.15) is 6.61 Å². The maximum atomic E-state index is 13.8. The quantitative estimate of drug-likeness (QED) is 0.463. The van der Waals surface area contributed by atoms with E-state index in [4.69, 9.17) is 0 Å². The fourth-order valence-electron chi connectivity index (χ4n) is 9.40. The molecule has 0 spiro atoms. The monoisotopic (exact) mass is 525 g/mol. The molecule has 1 unspecified atom stereocenters. The second kappa shape index (κ2) is 10.1. The van der Waals surface area contributed by atoms with E-state index >= 15 is 0 Å². The van der Waals surface area contributed by atoms with Crippen molar-refractivity contribution in [3.8, 4) is 11.8 Å². The van der Waals surface area contributed by atoms with Gasteiger partial charge in [0.25, 0.3) is 0 Å². The lowest BCUT2D eigenvalue weighted by molar-refractivity contribution is -0.132. The van der Waals surface area contributed by atoms with E-state index in [0.29, 0.717) is 30.6 Å². The first-order chi connectivity index (χ1) is 18.8. The van der Waals surface area contributed by atoms with Crippen molar-refractivity contribution in [3.05, 3.63) is 52.6 Å². The Kier molecular flexibility index (Phi) is 6.87. The molecule has 2 saturated carbocycles. The molecule has 0 amide bonds. The van der Waals surface area contributed by atoms with Crippen molar-refractivity contribution in [1.29, 1.82) is 0 Å². The lowest BCUT2D eigenvalue weighted by Crippen LogP contribution is -2.51. The van der Waals surface area contributed by atoms with E-state index in [-0.39, 0.29) is 29.5 Å². The Labute approximate surface area is 233 Å². The summed E-state index contributed by atoms with van der Waals surface area (Å²) in [6.07, 6.45) is 10.1. The summed E-state index contributed by atoms with van der Waals surface area (Å²) in [5.74, 6) is 8.17. The van der Waals surface area contributed by atoms with E-state index in [1.807, 2.05) is 13.0 Å². The normalized spacial score (nSPS) is 35.5. The van der Waals surface area contributed by atoms with Gasteiger partial charge in [-0.15, -0.1) is 0 Å². The highest BCUT2D eigenvalue weighted by molar-refractivity contribution is 5.93. The SMILES string of the molecule is CCC(=O)[C@@]1(C#CCO)CC[C@H]2[C@@H]3CC(C)C4=CC(=O)CCC4=C3[C@@H](c3ccc(N4CCCC4)cc3)C[C@@]21C. The number of rotatable bonds is 4. The average Bonchev–Trinajstić information content (AvgIpc) is 3.58. The van der Waals surface area contributed by atoms with E-state index in [2.05, 4.69) is 54.9 Å². The van der Waals surface area contributed by atoms with Crippen LogP contribution in [-0.2, 0) is 9.59 Å². The summed E-state index contributed by atoms with van der Waals surface area (Å²) < 4.78 is 0. The molecule has 6 rings (SSSR count). The summed E-state index contributed by atoms with van der Waals surface area (Å²) in [7, 11) is 0. The Bertz CT molecular complexity index is 1290. The van der Waals surface area contributed by atoms with Crippen molar-refractivity contribution in [2.45, 2.75) is 84.5 Å². The summed E-state index contributed by atoms with van der Waals surface area (Å²) in [5.41, 5.74) is 5.93. The van der Waals surface area contributed by atoms with Gasteiger partial charge in [0.15, 0.2) is 11.6 Å². The largest absolute Gasteiger partial charge is 0.384 e. The molecule has 0 bridgehead atoms. The van der Waals surface area contributed by atoms with E-state index in [9.17, 15) is 14.7 Å². The average molecular weight is 526 g/mol. The second-order valence-electron chi connectivity index (χ2n) is 13.0. The number of Topliss-reactive ketones (excluding diaryl/α,β-unsaturated/α-hetero) is 1. The molecule has 206 valence electrons. The van der Waals surface area contributed by atoms with Crippen LogP contribution in [0.5, 0.6) is 0 Å². The topological polar surface area (TPSA) is 57.6 Å². The summed E-state index contributed by atoms with van der Waals surface area (Å²) >= 11 is 0. The van der Waals surface area contributed by atoms with Crippen LogP contribution in [0.3, 0.4) is 0 Å². The molecule has 39 heavy (non-hydrogen) atoms. The third-order valence-electron chi connectivity index (χ3n) is 11.2. The molecule has 1 aliphatic heterocycles. The van der Waals surface area contributed by atoms with Gasteiger partial charge in [0.05, 0.1) is 5.41 Å². The van der Waals surface area contributed by atoms with Crippen molar-refractivity contribution < 1.29 is 14.7 Å². The molecule has 1 heterocycles. The maximum Gasteiger partial charge on any atom is 0.156 e. The van der Waals surface area contributed by atoms with Gasteiger partial charge < -0.3 is 10.0 Å². The number of hydrogen-bond acceptors (Lipinski definition) is 4. The molecule has 4 heteroatoms. The van der Waals surface area contributed by atoms with Crippen LogP contribution in [0, 0.1) is 40.4 Å². The van der Waals surface area contributed by atoms with E-state index in [1.165, 1.54) is 35.2 Å². The molecule has 6 atom stereocenters. The van der Waals surface area contributed by atoms with Crippen molar-refractivity contribution in [2.24, 2.45) is 28.6 Å². The van der Waals surface area contributed by atoms with Gasteiger partial charge in [-0.25, -0.2) is 0 Å². The first-order valence-corrected chi connectivity index (χ1v) is 15.3. The van der Waals surface area contributed by atoms with Gasteiger partial charge in [-0.1, -0.05) is 50.3 Å². The zero-order valence-corrected chi connectivity index (χ0v) is 23.9. The Balaban J connectivity index is 1.51. The second-order valence-corrected chi connectivity index (χ2v) is 13.0. The molecule has 4 aliphatic carbocycles. The lowest BCUT2D eigenvalue weighted by Gasteiger charge is -2.55. The Morgan fingerprint density at radius 3 is 2.59 bits per heavy atom. The Morgan fingerprint density at radius 1 is 1.15 bits per heavy atom. The maximum absolute atomic E-state index is 13.8. The van der Waals surface area contributed by atoms with Crippen molar-refractivity contribution in [1.82, 2.24) is 0 Å². The molecule has 1 N–H and O–H groups in total. The van der Waals surface area contributed by atoms with Crippen LogP contribution in [0.2, 0.25) is 0 Å². The summed E-state index contributed by atoms with van der Waals surface area (Å²) in [6.45, 7) is 8.65. The summed E-state index contributed by atoms with van der Waals surface area (Å²) in [5, 5.41) is 9.66. The Hall–Kier alpha value is -2.64. The van der Waals surface area contributed by atoms with Crippen LogP contribution in [0.1, 0.15) is 90.0 Å². The smallest absolute Gasteiger partial charge is 0.156 e. The lowest BCUT2D eigenvalue weighted by atomic mass is 9.47. The van der Waals surface area contributed by atoms with Gasteiger partial charge >= 0.3 is 0 Å². The predicted octanol–water partition coefficient (Wildman–Crippen LogP) is 6.39. The van der Waals surface area contributed by atoms with Gasteiger partial charge in [0, 0.05) is 37.5 Å². The minimum absolute atomic E-state index is 0.209. The summed E-state index contributed by atoms with van der Waals surface area (Å²) in [6, 6.07) is 9.26. The van der Waals surface area contributed by atoms with Crippen LogP contribution < -0.4 is 4.90 Å². The predicted molar refractivity (Wildman–Crippen MR) is 155 cm³/mol. The fraction of sp³-hybridized carbons (Fsp3) is 0.600. The molecule has 4 nitrogen and oxygen atoms in total. The van der Waals surface area contributed by atoms with Crippen LogP contribution in [0.4, 0.5) is 5.69 Å². The molecule has 1 aromatic carbocycles. The molecule has 3 fully saturated rings. The zero-order valence-electron chi connectivity index (χ0n) is 23.9. The third-order valence-corrected chi connectivity index (χ3v) is 11.2. The number of nitrogens with zero attached hydrogens (tertiary/aromatic N) is 1. The van der Waals surface area contributed by atoms with Crippen LogP contribution in [0.25, 0.3) is 0 Å². The number of anilines is 1. The van der Waals surface area contributed by atoms with E-state index in [1.54, 1.807) is 5.57 Å². The number of allylic oxidation sites excluding steroid dienone is 4.